The zero-order valence-corrected chi connectivity index (χ0v) is 26.9. The Kier molecular flexibility index (Phi) is 7.21. The Morgan fingerprint density at radius 2 is 0.920 bits per heavy atom. The van der Waals surface area contributed by atoms with Gasteiger partial charge in [0.15, 0.2) is 0 Å². The van der Waals surface area contributed by atoms with Gasteiger partial charge in [0.05, 0.1) is 17.1 Å². The summed E-state index contributed by atoms with van der Waals surface area (Å²) in [5.41, 5.74) is 8.84. The van der Waals surface area contributed by atoms with Crippen LogP contribution in [0, 0.1) is 11.6 Å². The molecule has 238 valence electrons. The second-order valence-corrected chi connectivity index (χ2v) is 12.5. The van der Waals surface area contributed by atoms with Gasteiger partial charge in [-0.15, -0.1) is 0 Å². The number of nitrogens with one attached hydrogen (secondary N) is 2. The molecule has 0 aliphatic carbocycles. The SMILES string of the molecule is Fc1ccccc1Nc1ccc2ccc3c(Nc4ccccc4F)c(-c4ccc(-c5ccccc5)cc4-c4ccccc4)cc4ccc1c2c43. The lowest BCUT2D eigenvalue weighted by Crippen LogP contribution is -2.00. The lowest BCUT2D eigenvalue weighted by molar-refractivity contribution is 0.631. The Balaban J connectivity index is 1.33. The highest BCUT2D eigenvalue weighted by atomic mass is 19.1. The van der Waals surface area contributed by atoms with Crippen molar-refractivity contribution in [3.63, 3.8) is 0 Å². The van der Waals surface area contributed by atoms with Crippen LogP contribution in [0.5, 0.6) is 0 Å². The molecule has 0 bridgehead atoms. The van der Waals surface area contributed by atoms with Gasteiger partial charge in [-0.3, -0.25) is 0 Å². The van der Waals surface area contributed by atoms with Gasteiger partial charge in [0, 0.05) is 22.0 Å². The normalized spacial score (nSPS) is 11.4. The number of rotatable bonds is 7. The highest BCUT2D eigenvalue weighted by Crippen LogP contribution is 2.48. The molecule has 2 nitrogen and oxygen atoms in total. The fourth-order valence-electron chi connectivity index (χ4n) is 7.18. The number of benzene rings is 9. The van der Waals surface area contributed by atoms with E-state index in [4.69, 9.17) is 0 Å². The molecule has 50 heavy (non-hydrogen) atoms. The van der Waals surface area contributed by atoms with Crippen molar-refractivity contribution < 1.29 is 8.78 Å². The van der Waals surface area contributed by atoms with E-state index in [1.54, 1.807) is 24.3 Å². The minimum absolute atomic E-state index is 0.313. The van der Waals surface area contributed by atoms with Gasteiger partial charge in [-0.05, 0) is 91.8 Å². The molecule has 0 radical (unpaired) electrons. The third kappa shape index (κ3) is 5.10. The molecule has 0 aliphatic rings. The summed E-state index contributed by atoms with van der Waals surface area (Å²) in [6.07, 6.45) is 0. The molecular weight excluding hydrogens is 619 g/mol. The van der Waals surface area contributed by atoms with Gasteiger partial charge in [0.25, 0.3) is 0 Å². The summed E-state index contributed by atoms with van der Waals surface area (Å²) in [5, 5.41) is 13.1. The van der Waals surface area contributed by atoms with Gasteiger partial charge in [-0.1, -0.05) is 127 Å². The number of anilines is 4. The zero-order chi connectivity index (χ0) is 33.6. The molecule has 9 aromatic rings. The molecular formula is C46H30F2N2. The number of para-hydroxylation sites is 2. The average Bonchev–Trinajstić information content (AvgIpc) is 3.17. The Morgan fingerprint density at radius 1 is 0.340 bits per heavy atom. The average molecular weight is 649 g/mol. The number of hydrogen-bond acceptors (Lipinski definition) is 2. The topological polar surface area (TPSA) is 24.1 Å². The summed E-state index contributed by atoms with van der Waals surface area (Å²) in [5.74, 6) is -0.644. The van der Waals surface area contributed by atoms with Gasteiger partial charge in [0.2, 0.25) is 0 Å². The molecule has 4 heteroatoms. The summed E-state index contributed by atoms with van der Waals surface area (Å²) in [4.78, 5) is 0. The predicted molar refractivity (Wildman–Crippen MR) is 206 cm³/mol. The maximum atomic E-state index is 15.4. The first-order valence-corrected chi connectivity index (χ1v) is 16.7. The van der Waals surface area contributed by atoms with E-state index < -0.39 is 0 Å². The van der Waals surface area contributed by atoms with Crippen LogP contribution >= 0.6 is 0 Å². The summed E-state index contributed by atoms with van der Waals surface area (Å²) in [6, 6.07) is 55.6. The van der Waals surface area contributed by atoms with Crippen LogP contribution in [0.3, 0.4) is 0 Å². The maximum absolute atomic E-state index is 15.4. The largest absolute Gasteiger partial charge is 0.353 e. The van der Waals surface area contributed by atoms with E-state index in [0.717, 1.165) is 77.1 Å². The van der Waals surface area contributed by atoms with E-state index in [2.05, 4.69) is 114 Å². The van der Waals surface area contributed by atoms with E-state index in [-0.39, 0.29) is 11.6 Å². The van der Waals surface area contributed by atoms with Crippen LogP contribution in [0.15, 0.2) is 170 Å². The molecule has 9 aromatic carbocycles. The molecule has 0 heterocycles. The summed E-state index contributed by atoms with van der Waals surface area (Å²) in [6.45, 7) is 0. The second kappa shape index (κ2) is 12.2. The van der Waals surface area contributed by atoms with Crippen molar-refractivity contribution in [3.8, 4) is 33.4 Å². The Hall–Kier alpha value is -6.52. The lowest BCUT2D eigenvalue weighted by atomic mass is 9.86. The second-order valence-electron chi connectivity index (χ2n) is 12.5. The van der Waals surface area contributed by atoms with Crippen molar-refractivity contribution in [2.45, 2.75) is 0 Å². The van der Waals surface area contributed by atoms with Crippen LogP contribution in [0.25, 0.3) is 65.7 Å². The first-order valence-electron chi connectivity index (χ1n) is 16.7. The van der Waals surface area contributed by atoms with Gasteiger partial charge in [0.1, 0.15) is 11.6 Å². The van der Waals surface area contributed by atoms with Gasteiger partial charge in [-0.2, -0.15) is 0 Å². The molecule has 0 amide bonds. The smallest absolute Gasteiger partial charge is 0.146 e. The highest BCUT2D eigenvalue weighted by molar-refractivity contribution is 6.29. The van der Waals surface area contributed by atoms with Crippen molar-refractivity contribution in [1.29, 1.82) is 0 Å². The Labute approximate surface area is 288 Å². The van der Waals surface area contributed by atoms with Crippen LogP contribution in [0.1, 0.15) is 0 Å². The minimum atomic E-state index is -0.330. The molecule has 0 unspecified atom stereocenters. The Bertz CT molecular complexity index is 2670. The van der Waals surface area contributed by atoms with Crippen molar-refractivity contribution in [3.05, 3.63) is 181 Å². The molecule has 0 saturated carbocycles. The molecule has 0 spiro atoms. The van der Waals surface area contributed by atoms with E-state index in [1.807, 2.05) is 30.3 Å². The Morgan fingerprint density at radius 3 is 1.64 bits per heavy atom. The van der Waals surface area contributed by atoms with Crippen LogP contribution < -0.4 is 10.6 Å². The van der Waals surface area contributed by atoms with E-state index in [1.165, 1.54) is 12.1 Å². The van der Waals surface area contributed by atoms with Crippen molar-refractivity contribution in [1.82, 2.24) is 0 Å². The van der Waals surface area contributed by atoms with E-state index in [9.17, 15) is 4.39 Å². The van der Waals surface area contributed by atoms with Crippen LogP contribution in [-0.4, -0.2) is 0 Å². The first-order chi connectivity index (χ1) is 24.6. The zero-order valence-electron chi connectivity index (χ0n) is 26.9. The van der Waals surface area contributed by atoms with Crippen molar-refractivity contribution in [2.24, 2.45) is 0 Å². The summed E-state index contributed by atoms with van der Waals surface area (Å²) >= 11 is 0. The quantitative estimate of drug-likeness (QED) is 0.168. The standard InChI is InChI=1S/C46H30F2N2/c47-39-15-7-9-17-42(39)49-41-26-22-31-19-25-36-45-33(21-24-35(41)44(31)45)28-38(46(36)50-43-18-10-8-16-40(43)48)34-23-20-32(29-11-3-1-4-12-29)27-37(34)30-13-5-2-6-14-30/h1-28,49-50H. The fourth-order valence-corrected chi connectivity index (χ4v) is 7.18. The molecule has 0 atom stereocenters. The third-order valence-corrected chi connectivity index (χ3v) is 9.56. The molecule has 0 aromatic heterocycles. The van der Waals surface area contributed by atoms with Crippen LogP contribution in [0.2, 0.25) is 0 Å². The molecule has 2 N–H and O–H groups in total. The predicted octanol–water partition coefficient (Wildman–Crippen LogP) is 13.4. The number of halogens is 2. The molecule has 9 rings (SSSR count). The lowest BCUT2D eigenvalue weighted by Gasteiger charge is -2.22. The van der Waals surface area contributed by atoms with Gasteiger partial charge < -0.3 is 10.6 Å². The summed E-state index contributed by atoms with van der Waals surface area (Å²) in [7, 11) is 0. The van der Waals surface area contributed by atoms with Crippen LogP contribution in [0.4, 0.5) is 31.5 Å². The molecule has 0 saturated heterocycles. The van der Waals surface area contributed by atoms with E-state index >= 15 is 4.39 Å². The fraction of sp³-hybridized carbons (Fsp3) is 0. The van der Waals surface area contributed by atoms with Gasteiger partial charge >= 0.3 is 0 Å². The van der Waals surface area contributed by atoms with Crippen molar-refractivity contribution in [2.75, 3.05) is 10.6 Å². The maximum Gasteiger partial charge on any atom is 0.146 e. The monoisotopic (exact) mass is 648 g/mol. The van der Waals surface area contributed by atoms with E-state index in [0.29, 0.717) is 11.4 Å². The molecule has 0 fully saturated rings. The third-order valence-electron chi connectivity index (χ3n) is 9.56. The first kappa shape index (κ1) is 29.6. The van der Waals surface area contributed by atoms with Crippen molar-refractivity contribution >= 4 is 55.1 Å². The van der Waals surface area contributed by atoms with Gasteiger partial charge in [-0.25, -0.2) is 8.78 Å². The molecule has 0 aliphatic heterocycles. The highest BCUT2D eigenvalue weighted by Gasteiger charge is 2.21. The number of hydrogen-bond donors (Lipinski definition) is 2. The summed E-state index contributed by atoms with van der Waals surface area (Å²) < 4.78 is 30.1. The van der Waals surface area contributed by atoms with Crippen LogP contribution in [-0.2, 0) is 0 Å². The minimum Gasteiger partial charge on any atom is -0.353 e.